The summed E-state index contributed by atoms with van der Waals surface area (Å²) in [6.45, 7) is 19.4. The average Bonchev–Trinajstić information content (AvgIpc) is 2.74. The van der Waals surface area contributed by atoms with Crippen molar-refractivity contribution in [2.45, 2.75) is 131 Å². The Kier molecular flexibility index (Phi) is 14.6. The Labute approximate surface area is 178 Å². The van der Waals surface area contributed by atoms with Crippen molar-refractivity contribution in [1.82, 2.24) is 9.80 Å². The highest BCUT2D eigenvalue weighted by Gasteiger charge is 2.29. The summed E-state index contributed by atoms with van der Waals surface area (Å²) >= 11 is 0. The van der Waals surface area contributed by atoms with Gasteiger partial charge in [0.1, 0.15) is 0 Å². The predicted molar refractivity (Wildman–Crippen MR) is 127 cm³/mol. The first-order chi connectivity index (χ1) is 13.6. The van der Waals surface area contributed by atoms with Crippen molar-refractivity contribution in [3.8, 4) is 0 Å². The molecule has 1 aliphatic carbocycles. The van der Waals surface area contributed by atoms with Crippen molar-refractivity contribution < 1.29 is 0 Å². The largest absolute Gasteiger partial charge is 0.300 e. The maximum Gasteiger partial charge on any atom is 0.00964 e. The van der Waals surface area contributed by atoms with E-state index in [0.717, 1.165) is 23.9 Å². The third kappa shape index (κ3) is 9.16. The molecule has 28 heavy (non-hydrogen) atoms. The van der Waals surface area contributed by atoms with E-state index in [1.807, 2.05) is 0 Å². The second-order valence-corrected chi connectivity index (χ2v) is 9.47. The van der Waals surface area contributed by atoms with Crippen molar-refractivity contribution in [1.29, 1.82) is 0 Å². The summed E-state index contributed by atoms with van der Waals surface area (Å²) in [5.74, 6) is 1.82. The van der Waals surface area contributed by atoms with Crippen molar-refractivity contribution in [2.24, 2.45) is 11.8 Å². The molecule has 1 saturated carbocycles. The van der Waals surface area contributed by atoms with Crippen LogP contribution in [0.2, 0.25) is 0 Å². The molecule has 168 valence electrons. The summed E-state index contributed by atoms with van der Waals surface area (Å²) in [6, 6.07) is 1.69. The van der Waals surface area contributed by atoms with Crippen LogP contribution in [-0.4, -0.2) is 48.1 Å². The quantitative estimate of drug-likeness (QED) is 0.269. The molecule has 2 unspecified atom stereocenters. The first-order valence-corrected chi connectivity index (χ1v) is 13.1. The lowest BCUT2D eigenvalue weighted by molar-refractivity contribution is 0.0790. The summed E-state index contributed by atoms with van der Waals surface area (Å²) in [7, 11) is 0. The fourth-order valence-corrected chi connectivity index (χ4v) is 5.36. The van der Waals surface area contributed by atoms with E-state index < -0.39 is 0 Å². The van der Waals surface area contributed by atoms with Crippen LogP contribution in [0, 0.1) is 11.8 Å². The lowest BCUT2D eigenvalue weighted by Gasteiger charge is -2.42. The van der Waals surface area contributed by atoms with Crippen LogP contribution in [0.15, 0.2) is 0 Å². The third-order valence-corrected chi connectivity index (χ3v) is 7.58. The van der Waals surface area contributed by atoms with E-state index in [2.05, 4.69) is 51.3 Å². The van der Waals surface area contributed by atoms with Crippen molar-refractivity contribution in [3.63, 3.8) is 0 Å². The zero-order chi connectivity index (χ0) is 20.8. The number of hydrogen-bond acceptors (Lipinski definition) is 2. The first kappa shape index (κ1) is 26.0. The SMILES string of the molecule is CCCCC(CC)CN(CC)C1CCC(N(CC)CC(CC)CCCC)CC1. The van der Waals surface area contributed by atoms with E-state index in [4.69, 9.17) is 0 Å². The molecule has 1 fully saturated rings. The van der Waals surface area contributed by atoms with Crippen LogP contribution in [0.4, 0.5) is 0 Å². The lowest BCUT2D eigenvalue weighted by atomic mass is 9.87. The van der Waals surface area contributed by atoms with Crippen LogP contribution in [-0.2, 0) is 0 Å². The zero-order valence-electron chi connectivity index (χ0n) is 20.5. The Hall–Kier alpha value is -0.0800. The van der Waals surface area contributed by atoms with Gasteiger partial charge >= 0.3 is 0 Å². The van der Waals surface area contributed by atoms with Gasteiger partial charge in [-0.05, 0) is 63.5 Å². The molecule has 2 atom stereocenters. The number of unbranched alkanes of at least 4 members (excludes halogenated alkanes) is 2. The van der Waals surface area contributed by atoms with E-state index in [1.54, 1.807) is 0 Å². The van der Waals surface area contributed by atoms with Gasteiger partial charge in [0.25, 0.3) is 0 Å². The van der Waals surface area contributed by atoms with Crippen LogP contribution in [0.1, 0.15) is 119 Å². The van der Waals surface area contributed by atoms with Gasteiger partial charge in [-0.3, -0.25) is 0 Å². The molecule has 0 aromatic heterocycles. The Morgan fingerprint density at radius 1 is 0.607 bits per heavy atom. The smallest absolute Gasteiger partial charge is 0.00964 e. The van der Waals surface area contributed by atoms with Gasteiger partial charge in [0, 0.05) is 25.2 Å². The summed E-state index contributed by atoms with van der Waals surface area (Å²) in [5, 5.41) is 0. The monoisotopic (exact) mass is 394 g/mol. The molecule has 0 radical (unpaired) electrons. The average molecular weight is 395 g/mol. The maximum atomic E-state index is 2.84. The van der Waals surface area contributed by atoms with Crippen molar-refractivity contribution in [2.75, 3.05) is 26.2 Å². The van der Waals surface area contributed by atoms with E-state index in [9.17, 15) is 0 Å². The highest BCUT2D eigenvalue weighted by atomic mass is 15.2. The highest BCUT2D eigenvalue weighted by Crippen LogP contribution is 2.29. The minimum absolute atomic E-state index is 0.845. The molecule has 0 spiro atoms. The molecule has 0 amide bonds. The number of nitrogens with zero attached hydrogens (tertiary/aromatic N) is 2. The molecule has 0 heterocycles. The standard InChI is InChI=1S/C26H54N2/c1-7-13-15-23(9-3)21-27(11-5)25-17-19-26(20-18-25)28(12-6)22-24(10-4)16-14-8-2/h23-26H,7-22H2,1-6H3. The van der Waals surface area contributed by atoms with Gasteiger partial charge < -0.3 is 9.80 Å². The van der Waals surface area contributed by atoms with Gasteiger partial charge in [0.2, 0.25) is 0 Å². The molecular weight excluding hydrogens is 340 g/mol. The molecule has 2 nitrogen and oxygen atoms in total. The van der Waals surface area contributed by atoms with Gasteiger partial charge in [0.15, 0.2) is 0 Å². The molecular formula is C26H54N2. The molecule has 0 saturated heterocycles. The van der Waals surface area contributed by atoms with E-state index in [0.29, 0.717) is 0 Å². The van der Waals surface area contributed by atoms with Crippen molar-refractivity contribution in [3.05, 3.63) is 0 Å². The van der Waals surface area contributed by atoms with E-state index in [-0.39, 0.29) is 0 Å². The molecule has 1 rings (SSSR count). The van der Waals surface area contributed by atoms with Crippen LogP contribution in [0.5, 0.6) is 0 Å². The second kappa shape index (κ2) is 15.7. The minimum atomic E-state index is 0.845. The lowest BCUT2D eigenvalue weighted by Crippen LogP contribution is -2.46. The Morgan fingerprint density at radius 3 is 1.21 bits per heavy atom. The van der Waals surface area contributed by atoms with Gasteiger partial charge in [-0.15, -0.1) is 0 Å². The minimum Gasteiger partial charge on any atom is -0.300 e. The van der Waals surface area contributed by atoms with Crippen LogP contribution < -0.4 is 0 Å². The molecule has 0 N–H and O–H groups in total. The van der Waals surface area contributed by atoms with Crippen LogP contribution >= 0.6 is 0 Å². The topological polar surface area (TPSA) is 6.48 Å². The molecule has 0 aromatic carbocycles. The molecule has 1 aliphatic rings. The fourth-order valence-electron chi connectivity index (χ4n) is 5.36. The van der Waals surface area contributed by atoms with Gasteiger partial charge in [-0.2, -0.15) is 0 Å². The number of hydrogen-bond donors (Lipinski definition) is 0. The summed E-state index contributed by atoms with van der Waals surface area (Å²) in [5.41, 5.74) is 0. The molecule has 2 heteroatoms. The highest BCUT2D eigenvalue weighted by molar-refractivity contribution is 4.85. The van der Waals surface area contributed by atoms with Gasteiger partial charge in [-0.1, -0.05) is 80.1 Å². The third-order valence-electron chi connectivity index (χ3n) is 7.58. The number of rotatable bonds is 16. The molecule has 0 aliphatic heterocycles. The van der Waals surface area contributed by atoms with E-state index in [1.165, 1.54) is 103 Å². The molecule has 0 aromatic rings. The second-order valence-electron chi connectivity index (χ2n) is 9.47. The Morgan fingerprint density at radius 2 is 0.964 bits per heavy atom. The Bertz CT molecular complexity index is 314. The predicted octanol–water partition coefficient (Wildman–Crippen LogP) is 7.37. The van der Waals surface area contributed by atoms with Crippen LogP contribution in [0.3, 0.4) is 0 Å². The summed E-state index contributed by atoms with van der Waals surface area (Å²) in [4.78, 5) is 5.68. The van der Waals surface area contributed by atoms with E-state index >= 15 is 0 Å². The maximum absolute atomic E-state index is 2.84. The summed E-state index contributed by atoms with van der Waals surface area (Å²) < 4.78 is 0. The Balaban J connectivity index is 2.51. The normalized spacial score (nSPS) is 22.7. The van der Waals surface area contributed by atoms with Gasteiger partial charge in [-0.25, -0.2) is 0 Å². The molecule has 0 bridgehead atoms. The van der Waals surface area contributed by atoms with Crippen molar-refractivity contribution >= 4 is 0 Å². The van der Waals surface area contributed by atoms with Gasteiger partial charge in [0.05, 0.1) is 0 Å². The summed E-state index contributed by atoms with van der Waals surface area (Å²) in [6.07, 6.45) is 16.8. The van der Waals surface area contributed by atoms with Crippen LogP contribution in [0.25, 0.3) is 0 Å². The first-order valence-electron chi connectivity index (χ1n) is 13.1. The fraction of sp³-hybridized carbons (Fsp3) is 1.00. The zero-order valence-corrected chi connectivity index (χ0v) is 20.5.